The molecular formula is C14H15BrFN3. The van der Waals surface area contributed by atoms with Gasteiger partial charge in [0.15, 0.2) is 0 Å². The van der Waals surface area contributed by atoms with Gasteiger partial charge >= 0.3 is 0 Å². The van der Waals surface area contributed by atoms with E-state index in [-0.39, 0.29) is 5.82 Å². The predicted molar refractivity (Wildman–Crippen MR) is 80.0 cm³/mol. The molecule has 0 atom stereocenters. The summed E-state index contributed by atoms with van der Waals surface area (Å²) in [5.41, 5.74) is 1.49. The van der Waals surface area contributed by atoms with Gasteiger partial charge in [-0.25, -0.2) is 9.37 Å². The largest absolute Gasteiger partial charge is 0.380 e. The van der Waals surface area contributed by atoms with Crippen molar-refractivity contribution in [3.05, 3.63) is 52.4 Å². The predicted octanol–water partition coefficient (Wildman–Crippen LogP) is 3.66. The minimum absolute atomic E-state index is 0.222. The number of anilines is 2. The van der Waals surface area contributed by atoms with E-state index in [1.54, 1.807) is 12.3 Å². The summed E-state index contributed by atoms with van der Waals surface area (Å²) in [4.78, 5) is 6.22. The highest BCUT2D eigenvalue weighted by molar-refractivity contribution is 9.10. The van der Waals surface area contributed by atoms with Crippen LogP contribution >= 0.6 is 15.9 Å². The summed E-state index contributed by atoms with van der Waals surface area (Å²) in [6.07, 6.45) is 1.74. The molecule has 0 aliphatic heterocycles. The van der Waals surface area contributed by atoms with E-state index in [2.05, 4.69) is 26.2 Å². The summed E-state index contributed by atoms with van der Waals surface area (Å²) in [5.74, 6) is 0.667. The zero-order valence-electron chi connectivity index (χ0n) is 10.8. The Morgan fingerprint density at radius 1 is 1.26 bits per heavy atom. The summed E-state index contributed by atoms with van der Waals surface area (Å²) >= 11 is 3.24. The Morgan fingerprint density at radius 2 is 2.05 bits per heavy atom. The minimum atomic E-state index is -0.222. The van der Waals surface area contributed by atoms with Crippen LogP contribution in [0.3, 0.4) is 0 Å². The zero-order valence-corrected chi connectivity index (χ0v) is 12.4. The molecule has 1 aromatic carbocycles. The van der Waals surface area contributed by atoms with Crippen molar-refractivity contribution >= 4 is 27.4 Å². The number of hydrogen-bond acceptors (Lipinski definition) is 3. The number of aromatic nitrogens is 1. The molecule has 0 aliphatic carbocycles. The first-order chi connectivity index (χ1) is 9.06. The van der Waals surface area contributed by atoms with E-state index >= 15 is 0 Å². The molecule has 0 saturated carbocycles. The van der Waals surface area contributed by atoms with Crippen molar-refractivity contribution in [2.24, 2.45) is 0 Å². The fourth-order valence-electron chi connectivity index (χ4n) is 1.62. The number of benzene rings is 1. The SMILES string of the molecule is CN(C)c1ccc(NCc2ccc(Br)cc2F)cn1. The fourth-order valence-corrected chi connectivity index (χ4v) is 1.95. The molecular weight excluding hydrogens is 309 g/mol. The summed E-state index contributed by atoms with van der Waals surface area (Å²) in [7, 11) is 3.87. The Kier molecular flexibility index (Phi) is 4.37. The number of rotatable bonds is 4. The van der Waals surface area contributed by atoms with Crippen LogP contribution in [0.1, 0.15) is 5.56 Å². The molecule has 0 saturated heterocycles. The lowest BCUT2D eigenvalue weighted by atomic mass is 10.2. The van der Waals surface area contributed by atoms with E-state index in [9.17, 15) is 4.39 Å². The van der Waals surface area contributed by atoms with E-state index in [0.29, 0.717) is 12.1 Å². The van der Waals surface area contributed by atoms with Crippen molar-refractivity contribution in [2.75, 3.05) is 24.3 Å². The zero-order chi connectivity index (χ0) is 13.8. The van der Waals surface area contributed by atoms with Crippen LogP contribution in [0, 0.1) is 5.82 Å². The van der Waals surface area contributed by atoms with Crippen LogP contribution in [0.5, 0.6) is 0 Å². The molecule has 0 fully saturated rings. The summed E-state index contributed by atoms with van der Waals surface area (Å²) in [5, 5.41) is 3.15. The Hall–Kier alpha value is -1.62. The highest BCUT2D eigenvalue weighted by Crippen LogP contribution is 2.17. The average Bonchev–Trinajstić information content (AvgIpc) is 2.38. The van der Waals surface area contributed by atoms with Gasteiger partial charge in [0.05, 0.1) is 11.9 Å². The molecule has 0 radical (unpaired) electrons. The number of nitrogens with one attached hydrogen (secondary N) is 1. The van der Waals surface area contributed by atoms with Gasteiger partial charge in [0.25, 0.3) is 0 Å². The third kappa shape index (κ3) is 3.67. The monoisotopic (exact) mass is 323 g/mol. The molecule has 2 aromatic rings. The van der Waals surface area contributed by atoms with Crippen LogP contribution in [0.15, 0.2) is 41.0 Å². The van der Waals surface area contributed by atoms with E-state index in [1.807, 2.05) is 37.2 Å². The molecule has 1 N–H and O–H groups in total. The molecule has 19 heavy (non-hydrogen) atoms. The van der Waals surface area contributed by atoms with Crippen LogP contribution in [-0.4, -0.2) is 19.1 Å². The molecule has 100 valence electrons. The highest BCUT2D eigenvalue weighted by Gasteiger charge is 2.03. The van der Waals surface area contributed by atoms with Crippen molar-refractivity contribution in [1.82, 2.24) is 4.98 Å². The summed E-state index contributed by atoms with van der Waals surface area (Å²) in [6, 6.07) is 8.89. The Balaban J connectivity index is 2.02. The van der Waals surface area contributed by atoms with Crippen molar-refractivity contribution in [3.8, 4) is 0 Å². The van der Waals surface area contributed by atoms with Gasteiger partial charge in [-0.3, -0.25) is 0 Å². The molecule has 0 bridgehead atoms. The van der Waals surface area contributed by atoms with Crippen LogP contribution in [0.25, 0.3) is 0 Å². The first kappa shape index (κ1) is 13.8. The number of hydrogen-bond donors (Lipinski definition) is 1. The fraction of sp³-hybridized carbons (Fsp3) is 0.214. The van der Waals surface area contributed by atoms with Gasteiger partial charge in [0, 0.05) is 30.7 Å². The third-order valence-corrected chi connectivity index (χ3v) is 3.20. The van der Waals surface area contributed by atoms with Gasteiger partial charge in [-0.1, -0.05) is 22.0 Å². The standard InChI is InChI=1S/C14H15BrFN3/c1-19(2)14-6-5-12(9-18-14)17-8-10-3-4-11(15)7-13(10)16/h3-7,9,17H,8H2,1-2H3. The van der Waals surface area contributed by atoms with Crippen molar-refractivity contribution < 1.29 is 4.39 Å². The van der Waals surface area contributed by atoms with Crippen LogP contribution in [0.4, 0.5) is 15.9 Å². The lowest BCUT2D eigenvalue weighted by molar-refractivity contribution is 0.612. The normalized spacial score (nSPS) is 10.3. The van der Waals surface area contributed by atoms with Crippen LogP contribution in [0.2, 0.25) is 0 Å². The van der Waals surface area contributed by atoms with Crippen molar-refractivity contribution in [2.45, 2.75) is 6.54 Å². The van der Waals surface area contributed by atoms with Gasteiger partial charge in [0.1, 0.15) is 11.6 Å². The van der Waals surface area contributed by atoms with E-state index in [0.717, 1.165) is 16.0 Å². The molecule has 2 rings (SSSR count). The molecule has 0 spiro atoms. The second-order valence-electron chi connectivity index (χ2n) is 4.39. The lowest BCUT2D eigenvalue weighted by Crippen LogP contribution is -2.10. The van der Waals surface area contributed by atoms with Gasteiger partial charge in [-0.2, -0.15) is 0 Å². The topological polar surface area (TPSA) is 28.2 Å². The molecule has 0 unspecified atom stereocenters. The van der Waals surface area contributed by atoms with Gasteiger partial charge in [0.2, 0.25) is 0 Å². The van der Waals surface area contributed by atoms with Gasteiger partial charge in [-0.15, -0.1) is 0 Å². The second kappa shape index (κ2) is 6.02. The Morgan fingerprint density at radius 3 is 2.63 bits per heavy atom. The number of pyridine rings is 1. The minimum Gasteiger partial charge on any atom is -0.380 e. The van der Waals surface area contributed by atoms with E-state index < -0.39 is 0 Å². The number of nitrogens with zero attached hydrogens (tertiary/aromatic N) is 2. The van der Waals surface area contributed by atoms with Crippen LogP contribution in [-0.2, 0) is 6.54 Å². The molecule has 0 aliphatic rings. The average molecular weight is 324 g/mol. The van der Waals surface area contributed by atoms with E-state index in [1.165, 1.54) is 6.07 Å². The first-order valence-corrected chi connectivity index (χ1v) is 6.67. The highest BCUT2D eigenvalue weighted by atomic mass is 79.9. The van der Waals surface area contributed by atoms with E-state index in [4.69, 9.17) is 0 Å². The summed E-state index contributed by atoms with van der Waals surface area (Å²) in [6.45, 7) is 0.433. The molecule has 1 aromatic heterocycles. The van der Waals surface area contributed by atoms with Gasteiger partial charge in [-0.05, 0) is 24.3 Å². The second-order valence-corrected chi connectivity index (χ2v) is 5.30. The van der Waals surface area contributed by atoms with Crippen molar-refractivity contribution in [3.63, 3.8) is 0 Å². The maximum Gasteiger partial charge on any atom is 0.129 e. The van der Waals surface area contributed by atoms with Crippen LogP contribution < -0.4 is 10.2 Å². The Labute approximate surface area is 120 Å². The first-order valence-electron chi connectivity index (χ1n) is 5.87. The lowest BCUT2D eigenvalue weighted by Gasteiger charge is -2.12. The molecule has 1 heterocycles. The maximum atomic E-state index is 13.6. The number of halogens is 2. The molecule has 0 amide bonds. The third-order valence-electron chi connectivity index (χ3n) is 2.70. The van der Waals surface area contributed by atoms with Gasteiger partial charge < -0.3 is 10.2 Å². The summed E-state index contributed by atoms with van der Waals surface area (Å²) < 4.78 is 14.4. The van der Waals surface area contributed by atoms with Crippen molar-refractivity contribution in [1.29, 1.82) is 0 Å². The maximum absolute atomic E-state index is 13.6. The smallest absolute Gasteiger partial charge is 0.129 e. The Bertz CT molecular complexity index is 555. The molecule has 5 heteroatoms. The quantitative estimate of drug-likeness (QED) is 0.930. The molecule has 3 nitrogen and oxygen atoms in total.